The lowest BCUT2D eigenvalue weighted by atomic mass is 10.3. The first-order valence-corrected chi connectivity index (χ1v) is 3.65. The number of H-pyrrole nitrogens is 1. The summed E-state index contributed by atoms with van der Waals surface area (Å²) in [5, 5.41) is 2.89. The summed E-state index contributed by atoms with van der Waals surface area (Å²) in [5.41, 5.74) is 0.625. The van der Waals surface area contributed by atoms with Gasteiger partial charge in [-0.15, -0.1) is 0 Å². The van der Waals surface area contributed by atoms with Crippen molar-refractivity contribution >= 4 is 0 Å². The molecule has 0 amide bonds. The molecule has 0 aliphatic rings. The van der Waals surface area contributed by atoms with Crippen molar-refractivity contribution in [2.75, 3.05) is 13.6 Å². The van der Waals surface area contributed by atoms with E-state index in [9.17, 15) is 4.79 Å². The van der Waals surface area contributed by atoms with Gasteiger partial charge in [-0.25, -0.2) is 0 Å². The summed E-state index contributed by atoms with van der Waals surface area (Å²) in [6.45, 7) is 0.632. The van der Waals surface area contributed by atoms with E-state index in [-0.39, 0.29) is 5.56 Å². The highest BCUT2D eigenvalue weighted by atomic mass is 16.1. The standard InChI is InChI=1S/C9H10N2O/c1-10-5-2-3-8-4-6-11-9(12)7-8/h4,6-7,10H,5H2,1H3,(H,11,12). The van der Waals surface area contributed by atoms with Crippen molar-refractivity contribution in [3.63, 3.8) is 0 Å². The van der Waals surface area contributed by atoms with E-state index >= 15 is 0 Å². The van der Waals surface area contributed by atoms with Crippen LogP contribution >= 0.6 is 0 Å². The largest absolute Gasteiger partial charge is 0.329 e. The Morgan fingerprint density at radius 3 is 3.17 bits per heavy atom. The molecular weight excluding hydrogens is 152 g/mol. The molecule has 0 aliphatic heterocycles. The molecule has 1 aromatic heterocycles. The van der Waals surface area contributed by atoms with Crippen LogP contribution in [0.25, 0.3) is 0 Å². The molecule has 62 valence electrons. The Morgan fingerprint density at radius 1 is 1.67 bits per heavy atom. The molecule has 0 radical (unpaired) electrons. The highest BCUT2D eigenvalue weighted by Gasteiger charge is 1.85. The average molecular weight is 162 g/mol. The highest BCUT2D eigenvalue weighted by molar-refractivity contribution is 5.32. The van der Waals surface area contributed by atoms with Crippen molar-refractivity contribution < 1.29 is 0 Å². The topological polar surface area (TPSA) is 44.9 Å². The predicted molar refractivity (Wildman–Crippen MR) is 47.9 cm³/mol. The molecule has 1 heterocycles. The van der Waals surface area contributed by atoms with Gasteiger partial charge in [0.05, 0.1) is 6.54 Å². The van der Waals surface area contributed by atoms with Gasteiger partial charge in [0, 0.05) is 17.8 Å². The van der Waals surface area contributed by atoms with Crippen molar-refractivity contribution in [1.82, 2.24) is 10.3 Å². The van der Waals surface area contributed by atoms with Crippen molar-refractivity contribution in [3.8, 4) is 11.8 Å². The number of aromatic nitrogens is 1. The van der Waals surface area contributed by atoms with Gasteiger partial charge in [-0.3, -0.25) is 4.79 Å². The first-order chi connectivity index (χ1) is 5.83. The van der Waals surface area contributed by atoms with Crippen LogP contribution in [0.4, 0.5) is 0 Å². The fourth-order valence-corrected chi connectivity index (χ4v) is 0.757. The lowest BCUT2D eigenvalue weighted by Crippen LogP contribution is -2.05. The third-order valence-electron chi connectivity index (χ3n) is 1.27. The second-order valence-electron chi connectivity index (χ2n) is 2.27. The summed E-state index contributed by atoms with van der Waals surface area (Å²) in [6, 6.07) is 3.24. The number of hydrogen-bond acceptors (Lipinski definition) is 2. The van der Waals surface area contributed by atoms with Gasteiger partial charge in [0.15, 0.2) is 0 Å². The molecule has 0 bridgehead atoms. The van der Waals surface area contributed by atoms with Gasteiger partial charge in [-0.1, -0.05) is 11.8 Å². The maximum atomic E-state index is 10.8. The van der Waals surface area contributed by atoms with E-state index in [4.69, 9.17) is 0 Å². The smallest absolute Gasteiger partial charge is 0.249 e. The highest BCUT2D eigenvalue weighted by Crippen LogP contribution is 1.87. The molecule has 0 aliphatic carbocycles. The summed E-state index contributed by atoms with van der Waals surface area (Å²) < 4.78 is 0. The van der Waals surface area contributed by atoms with Crippen LogP contribution in [-0.2, 0) is 0 Å². The Labute approximate surface area is 70.8 Å². The van der Waals surface area contributed by atoms with Crippen molar-refractivity contribution in [3.05, 3.63) is 34.2 Å². The van der Waals surface area contributed by atoms with E-state index in [1.807, 2.05) is 7.05 Å². The summed E-state index contributed by atoms with van der Waals surface area (Å²) in [5.74, 6) is 5.72. The molecule has 0 aromatic carbocycles. The third kappa shape index (κ3) is 2.60. The van der Waals surface area contributed by atoms with Crippen LogP contribution in [0.5, 0.6) is 0 Å². The minimum absolute atomic E-state index is 0.119. The Bertz CT molecular complexity index is 357. The first kappa shape index (κ1) is 8.57. The van der Waals surface area contributed by atoms with Crippen LogP contribution in [0.1, 0.15) is 5.56 Å². The van der Waals surface area contributed by atoms with Gasteiger partial charge >= 0.3 is 0 Å². The van der Waals surface area contributed by atoms with Crippen molar-refractivity contribution in [2.45, 2.75) is 0 Å². The molecule has 0 fully saturated rings. The lowest BCUT2D eigenvalue weighted by Gasteiger charge is -1.86. The fourth-order valence-electron chi connectivity index (χ4n) is 0.757. The van der Waals surface area contributed by atoms with Gasteiger partial charge in [-0.2, -0.15) is 0 Å². The first-order valence-electron chi connectivity index (χ1n) is 3.65. The quantitative estimate of drug-likeness (QED) is 0.568. The summed E-state index contributed by atoms with van der Waals surface area (Å²) >= 11 is 0. The number of hydrogen-bond donors (Lipinski definition) is 2. The molecule has 0 atom stereocenters. The van der Waals surface area contributed by atoms with E-state index in [0.29, 0.717) is 6.54 Å². The maximum Gasteiger partial charge on any atom is 0.249 e. The zero-order valence-corrected chi connectivity index (χ0v) is 6.85. The lowest BCUT2D eigenvalue weighted by molar-refractivity contribution is 0.938. The monoisotopic (exact) mass is 162 g/mol. The number of pyridine rings is 1. The zero-order chi connectivity index (χ0) is 8.81. The number of aromatic amines is 1. The molecular formula is C9H10N2O. The Hall–Kier alpha value is -1.53. The minimum atomic E-state index is -0.119. The van der Waals surface area contributed by atoms with Crippen molar-refractivity contribution in [1.29, 1.82) is 0 Å². The SMILES string of the molecule is CNCC#Cc1cc[nH]c(=O)c1. The summed E-state index contributed by atoms with van der Waals surface area (Å²) in [7, 11) is 1.83. The van der Waals surface area contributed by atoms with Crippen LogP contribution < -0.4 is 10.9 Å². The van der Waals surface area contributed by atoms with E-state index in [2.05, 4.69) is 22.1 Å². The second-order valence-corrected chi connectivity index (χ2v) is 2.27. The van der Waals surface area contributed by atoms with E-state index in [0.717, 1.165) is 5.56 Å². The van der Waals surface area contributed by atoms with Crippen LogP contribution in [0, 0.1) is 11.8 Å². The summed E-state index contributed by atoms with van der Waals surface area (Å²) in [4.78, 5) is 13.3. The molecule has 0 saturated carbocycles. The van der Waals surface area contributed by atoms with Gasteiger partial charge in [-0.05, 0) is 13.1 Å². The van der Waals surface area contributed by atoms with Crippen LogP contribution in [0.15, 0.2) is 23.1 Å². The molecule has 0 saturated heterocycles. The maximum absolute atomic E-state index is 10.8. The molecule has 3 heteroatoms. The Kier molecular flexibility index (Phi) is 3.12. The van der Waals surface area contributed by atoms with E-state index in [1.165, 1.54) is 6.07 Å². The fraction of sp³-hybridized carbons (Fsp3) is 0.222. The zero-order valence-electron chi connectivity index (χ0n) is 6.85. The van der Waals surface area contributed by atoms with Crippen LogP contribution in [-0.4, -0.2) is 18.6 Å². The molecule has 1 rings (SSSR count). The molecule has 3 nitrogen and oxygen atoms in total. The summed E-state index contributed by atoms with van der Waals surface area (Å²) in [6.07, 6.45) is 1.59. The minimum Gasteiger partial charge on any atom is -0.329 e. The van der Waals surface area contributed by atoms with Gasteiger partial charge in [0.25, 0.3) is 0 Å². The molecule has 1 aromatic rings. The van der Waals surface area contributed by atoms with Gasteiger partial charge in [0.2, 0.25) is 5.56 Å². The Morgan fingerprint density at radius 2 is 2.50 bits per heavy atom. The second kappa shape index (κ2) is 4.37. The van der Waals surface area contributed by atoms with E-state index in [1.54, 1.807) is 12.3 Å². The Balaban J connectivity index is 2.78. The molecule has 12 heavy (non-hydrogen) atoms. The van der Waals surface area contributed by atoms with E-state index < -0.39 is 0 Å². The third-order valence-corrected chi connectivity index (χ3v) is 1.27. The van der Waals surface area contributed by atoms with Crippen LogP contribution in [0.2, 0.25) is 0 Å². The molecule has 0 unspecified atom stereocenters. The van der Waals surface area contributed by atoms with Crippen LogP contribution in [0.3, 0.4) is 0 Å². The molecule has 0 spiro atoms. The average Bonchev–Trinajstić information content (AvgIpc) is 2.05. The molecule has 2 N–H and O–H groups in total. The van der Waals surface area contributed by atoms with Gasteiger partial charge < -0.3 is 10.3 Å². The predicted octanol–water partition coefficient (Wildman–Crippen LogP) is -0.0542. The van der Waals surface area contributed by atoms with Gasteiger partial charge in [0.1, 0.15) is 0 Å². The number of rotatable bonds is 1. The number of nitrogens with one attached hydrogen (secondary N) is 2. The van der Waals surface area contributed by atoms with Crippen molar-refractivity contribution in [2.24, 2.45) is 0 Å². The normalized spacial score (nSPS) is 8.75.